The topological polar surface area (TPSA) is 58.9 Å². The van der Waals surface area contributed by atoms with Gasteiger partial charge in [-0.1, -0.05) is 12.1 Å². The maximum absolute atomic E-state index is 11.0. The summed E-state index contributed by atoms with van der Waals surface area (Å²) in [4.78, 5) is 29.5. The van der Waals surface area contributed by atoms with Crippen LogP contribution in [0.1, 0.15) is 6.42 Å². The van der Waals surface area contributed by atoms with E-state index in [4.69, 9.17) is 0 Å². The molecule has 88 valence electrons. The quantitative estimate of drug-likeness (QED) is 0.656. The summed E-state index contributed by atoms with van der Waals surface area (Å²) < 4.78 is 0. The van der Waals surface area contributed by atoms with Crippen molar-refractivity contribution >= 4 is 49.0 Å². The maximum Gasteiger partial charge on any atom is 0.255 e. The lowest BCUT2D eigenvalue weighted by Crippen LogP contribution is -2.24. The van der Waals surface area contributed by atoms with E-state index in [0.29, 0.717) is 10.7 Å². The molecule has 16 heavy (non-hydrogen) atoms. The Morgan fingerprint density at radius 2 is 1.19 bits per heavy atom. The van der Waals surface area contributed by atoms with Crippen LogP contribution in [0.2, 0.25) is 0 Å². The molecule has 7 heteroatoms. The Morgan fingerprint density at radius 3 is 1.56 bits per heavy atom. The molecule has 0 spiro atoms. The van der Waals surface area contributed by atoms with Gasteiger partial charge < -0.3 is 0 Å². The number of fused-ring (bicyclic) bond motifs is 1. The second-order valence-corrected chi connectivity index (χ2v) is 2.68. The third-order valence-electron chi connectivity index (χ3n) is 1.67. The van der Waals surface area contributed by atoms with Crippen LogP contribution in [-0.4, -0.2) is 11.8 Å². The number of carbonyl (C=O) groups is 2. The molecule has 1 heterocycles. The maximum atomic E-state index is 11.0. The number of hydrogen-bond acceptors (Lipinski definition) is 2. The second-order valence-electron chi connectivity index (χ2n) is 2.68. The number of benzene rings is 1. The summed E-state index contributed by atoms with van der Waals surface area (Å²) in [6, 6.07) is 6.83. The van der Waals surface area contributed by atoms with Crippen molar-refractivity contribution in [2.45, 2.75) is 6.42 Å². The average Bonchev–Trinajstić information content (AvgIpc) is 2.20. The van der Waals surface area contributed by atoms with Gasteiger partial charge in [0.15, 0.2) is 0 Å². The minimum absolute atomic E-state index is 0. The van der Waals surface area contributed by atoms with Crippen LogP contribution in [-0.2, 0) is 9.59 Å². The molecule has 0 bridgehead atoms. The first-order valence-electron chi connectivity index (χ1n) is 3.84. The number of carbonyl (C=O) groups excluding carboxylic acids is 2. The predicted octanol–water partition coefficient (Wildman–Crippen LogP) is 0.648. The van der Waals surface area contributed by atoms with Crippen LogP contribution < -0.4 is 10.7 Å². The fourth-order valence-corrected chi connectivity index (χ4v) is 1.13. The minimum Gasteiger partial charge on any atom is -0.272 e. The van der Waals surface area contributed by atoms with E-state index in [2.05, 4.69) is 9.98 Å². The van der Waals surface area contributed by atoms with Crippen molar-refractivity contribution in [3.8, 4) is 0 Å². The predicted molar refractivity (Wildman–Crippen MR) is 65.1 cm³/mol. The Balaban J connectivity index is 0. The molecule has 1 aromatic rings. The molecule has 0 unspecified atom stereocenters. The van der Waals surface area contributed by atoms with Gasteiger partial charge in [-0.05, 0) is 12.1 Å². The molecule has 0 atom stereocenters. The van der Waals surface area contributed by atoms with Gasteiger partial charge in [0.05, 0.1) is 10.7 Å². The van der Waals surface area contributed by atoms with Crippen molar-refractivity contribution < 1.29 is 9.59 Å². The van der Waals surface area contributed by atoms with Crippen molar-refractivity contribution in [3.05, 3.63) is 35.0 Å². The highest BCUT2D eigenvalue weighted by atomic mass is 35.5. The Bertz CT molecular complexity index is 457. The highest BCUT2D eigenvalue weighted by Crippen LogP contribution is 1.89. The van der Waals surface area contributed by atoms with Crippen molar-refractivity contribution in [1.29, 1.82) is 0 Å². The normalized spacial score (nSPS) is 12.5. The van der Waals surface area contributed by atoms with E-state index in [1.54, 1.807) is 24.3 Å². The molecule has 0 saturated carbocycles. The number of rotatable bonds is 0. The van der Waals surface area contributed by atoms with Crippen LogP contribution in [0.25, 0.3) is 0 Å². The van der Waals surface area contributed by atoms with Crippen molar-refractivity contribution in [1.82, 2.24) is 0 Å². The molecule has 0 aromatic heterocycles. The van der Waals surface area contributed by atoms with Gasteiger partial charge in [-0.25, -0.2) is 9.98 Å². The first-order valence-corrected chi connectivity index (χ1v) is 3.84. The van der Waals surface area contributed by atoms with Gasteiger partial charge >= 0.3 is 0 Å². The number of nitrogens with zero attached hydrogens (tertiary/aromatic N) is 2. The molecule has 2 rings (SSSR count). The fraction of sp³-hybridized carbons (Fsp3) is 0.111. The Kier molecular flexibility index (Phi) is 7.98. The zero-order chi connectivity index (χ0) is 9.26. The van der Waals surface area contributed by atoms with Gasteiger partial charge in [0.2, 0.25) is 0 Å². The highest BCUT2D eigenvalue weighted by molar-refractivity contribution is 5.98. The standard InChI is InChI=1S/C9H6N2O2.3ClH/c12-8-5-9(13)11-7-4-2-1-3-6(7)10-8;;;/h1-4H,5H2;3*1H. The zero-order valence-corrected chi connectivity index (χ0v) is 10.4. The molecule has 1 aromatic carbocycles. The molecule has 0 saturated heterocycles. The largest absolute Gasteiger partial charge is 0.272 e. The van der Waals surface area contributed by atoms with Gasteiger partial charge in [-0.2, -0.15) is 0 Å². The van der Waals surface area contributed by atoms with E-state index in [9.17, 15) is 9.59 Å². The van der Waals surface area contributed by atoms with Crippen molar-refractivity contribution in [3.63, 3.8) is 0 Å². The summed E-state index contributed by atoms with van der Waals surface area (Å²) in [5.74, 6) is -0.864. The number of amides is 2. The Morgan fingerprint density at radius 1 is 0.812 bits per heavy atom. The van der Waals surface area contributed by atoms with E-state index >= 15 is 0 Å². The van der Waals surface area contributed by atoms with Crippen LogP contribution in [0.5, 0.6) is 0 Å². The molecule has 0 fully saturated rings. The van der Waals surface area contributed by atoms with Gasteiger partial charge in [-0.15, -0.1) is 37.2 Å². The van der Waals surface area contributed by atoms with E-state index in [0.717, 1.165) is 0 Å². The molecule has 0 aliphatic carbocycles. The monoisotopic (exact) mass is 282 g/mol. The summed E-state index contributed by atoms with van der Waals surface area (Å²) in [5.41, 5.74) is 0. The van der Waals surface area contributed by atoms with E-state index < -0.39 is 11.8 Å². The molecule has 4 nitrogen and oxygen atoms in total. The van der Waals surface area contributed by atoms with Crippen LogP contribution in [0.15, 0.2) is 34.3 Å². The first kappa shape index (κ1) is 17.4. The number of para-hydroxylation sites is 2. The lowest BCUT2D eigenvalue weighted by atomic mass is 10.3. The summed E-state index contributed by atoms with van der Waals surface area (Å²) in [6.07, 6.45) is -0.228. The molecule has 0 radical (unpaired) electrons. The summed E-state index contributed by atoms with van der Waals surface area (Å²) in [6.45, 7) is 0. The van der Waals surface area contributed by atoms with Crippen LogP contribution in [0.3, 0.4) is 0 Å². The highest BCUT2D eigenvalue weighted by Gasteiger charge is 2.09. The van der Waals surface area contributed by atoms with Crippen LogP contribution in [0.4, 0.5) is 0 Å². The number of hydrogen-bond donors (Lipinski definition) is 0. The molecule has 1 aliphatic heterocycles. The van der Waals surface area contributed by atoms with Gasteiger partial charge in [-0.3, -0.25) is 9.59 Å². The third kappa shape index (κ3) is 3.89. The summed E-state index contributed by atoms with van der Waals surface area (Å²) >= 11 is 0. The van der Waals surface area contributed by atoms with Gasteiger partial charge in [0.1, 0.15) is 6.42 Å². The molecular formula is C9H9Cl3N2O2. The van der Waals surface area contributed by atoms with E-state index in [-0.39, 0.29) is 43.6 Å². The smallest absolute Gasteiger partial charge is 0.255 e. The van der Waals surface area contributed by atoms with E-state index in [1.807, 2.05) is 0 Å². The lowest BCUT2D eigenvalue weighted by molar-refractivity contribution is -0.125. The average molecular weight is 284 g/mol. The van der Waals surface area contributed by atoms with Crippen LogP contribution >= 0.6 is 37.2 Å². The number of halogens is 3. The summed E-state index contributed by atoms with van der Waals surface area (Å²) in [5, 5.41) is 0.941. The Labute approximate surface area is 110 Å². The summed E-state index contributed by atoms with van der Waals surface area (Å²) in [7, 11) is 0. The van der Waals surface area contributed by atoms with Crippen LogP contribution in [0, 0.1) is 0 Å². The van der Waals surface area contributed by atoms with E-state index in [1.165, 1.54) is 0 Å². The van der Waals surface area contributed by atoms with Gasteiger partial charge in [0.25, 0.3) is 11.8 Å². The SMILES string of the molecule is Cl.Cl.Cl.O=C1CC(=O)N=c2ccccc2=N1. The Hall–Kier alpha value is -0.970. The molecule has 1 aliphatic rings. The van der Waals surface area contributed by atoms with Crippen molar-refractivity contribution in [2.75, 3.05) is 0 Å². The zero-order valence-electron chi connectivity index (χ0n) is 7.95. The molecule has 0 N–H and O–H groups in total. The van der Waals surface area contributed by atoms with Crippen molar-refractivity contribution in [2.24, 2.45) is 9.98 Å². The minimum atomic E-state index is -0.432. The lowest BCUT2D eigenvalue weighted by Gasteiger charge is -1.82. The fourth-order valence-electron chi connectivity index (χ4n) is 1.13. The molecular weight excluding hydrogens is 274 g/mol. The second kappa shape index (κ2) is 7.33. The first-order chi connectivity index (χ1) is 6.25. The van der Waals surface area contributed by atoms with Gasteiger partial charge in [0, 0.05) is 0 Å². The third-order valence-corrected chi connectivity index (χ3v) is 1.67. The molecule has 2 amide bonds.